The SMILES string of the molecule is CCCCCCCCCCCCCCCCOC[C@H](COP(=O)([O-])OCC[N+](C)(C)C)OC(=O)[C@H](C)CCCCCCCCCCCCCCC. The van der Waals surface area contributed by atoms with Crippen molar-refractivity contribution in [3.63, 3.8) is 0 Å². The summed E-state index contributed by atoms with van der Waals surface area (Å²) >= 11 is 0. The van der Waals surface area contributed by atoms with Gasteiger partial charge in [0.25, 0.3) is 7.82 Å². The van der Waals surface area contributed by atoms with Gasteiger partial charge in [0.05, 0.1) is 40.3 Å². The minimum Gasteiger partial charge on any atom is -0.756 e. The molecule has 3 atom stereocenters. The van der Waals surface area contributed by atoms with Crippen LogP contribution in [0.4, 0.5) is 0 Å². The van der Waals surface area contributed by atoms with E-state index in [-0.39, 0.29) is 31.7 Å². The normalized spacial score (nSPS) is 14.4. The van der Waals surface area contributed by atoms with Crippen LogP contribution in [0.1, 0.15) is 201 Å². The third-order valence-corrected chi connectivity index (χ3v) is 10.8. The first-order valence-electron chi connectivity index (χ1n) is 21.7. The number of ether oxygens (including phenoxy) is 2. The molecular formula is C42H86NO7P. The number of esters is 1. The van der Waals surface area contributed by atoms with Gasteiger partial charge in [0.15, 0.2) is 0 Å². The van der Waals surface area contributed by atoms with Gasteiger partial charge in [-0.15, -0.1) is 0 Å². The van der Waals surface area contributed by atoms with Gasteiger partial charge in [0.2, 0.25) is 0 Å². The van der Waals surface area contributed by atoms with Crippen molar-refractivity contribution in [3.05, 3.63) is 0 Å². The summed E-state index contributed by atoms with van der Waals surface area (Å²) in [5, 5.41) is 0. The highest BCUT2D eigenvalue weighted by Crippen LogP contribution is 2.38. The van der Waals surface area contributed by atoms with Gasteiger partial charge in [-0.25, -0.2) is 0 Å². The average molecular weight is 748 g/mol. The highest BCUT2D eigenvalue weighted by Gasteiger charge is 2.23. The molecule has 0 N–H and O–H groups in total. The summed E-state index contributed by atoms with van der Waals surface area (Å²) in [4.78, 5) is 25.4. The zero-order chi connectivity index (χ0) is 37.9. The fraction of sp³-hybridized carbons (Fsp3) is 0.976. The number of nitrogens with zero attached hydrogens (tertiary/aromatic N) is 1. The third kappa shape index (κ3) is 37.6. The van der Waals surface area contributed by atoms with Gasteiger partial charge >= 0.3 is 5.97 Å². The van der Waals surface area contributed by atoms with Crippen LogP contribution in [-0.4, -0.2) is 70.7 Å². The molecule has 9 heteroatoms. The number of carbonyl (C=O) groups excluding carboxylic acids is 1. The van der Waals surface area contributed by atoms with Crippen molar-refractivity contribution in [3.8, 4) is 0 Å². The molecule has 0 aliphatic carbocycles. The first kappa shape index (κ1) is 50.5. The zero-order valence-electron chi connectivity index (χ0n) is 34.7. The Labute approximate surface area is 317 Å². The van der Waals surface area contributed by atoms with Crippen molar-refractivity contribution in [1.29, 1.82) is 0 Å². The quantitative estimate of drug-likeness (QED) is 0.0266. The zero-order valence-corrected chi connectivity index (χ0v) is 35.6. The number of likely N-dealkylation sites (N-methyl/N-ethyl adjacent to an activating group) is 1. The maximum absolute atomic E-state index is 13.0. The molecule has 0 aliphatic heterocycles. The average Bonchev–Trinajstić information content (AvgIpc) is 3.08. The molecule has 0 amide bonds. The first-order chi connectivity index (χ1) is 24.5. The molecule has 51 heavy (non-hydrogen) atoms. The van der Waals surface area contributed by atoms with E-state index in [4.69, 9.17) is 18.5 Å². The number of rotatable bonds is 40. The van der Waals surface area contributed by atoms with Crippen LogP contribution >= 0.6 is 7.82 Å². The van der Waals surface area contributed by atoms with Crippen molar-refractivity contribution in [2.45, 2.75) is 207 Å². The van der Waals surface area contributed by atoms with E-state index in [9.17, 15) is 14.3 Å². The van der Waals surface area contributed by atoms with Crippen molar-refractivity contribution in [2.24, 2.45) is 5.92 Å². The number of hydrogen-bond donors (Lipinski definition) is 0. The van der Waals surface area contributed by atoms with Gasteiger partial charge in [-0.3, -0.25) is 9.36 Å². The topological polar surface area (TPSA) is 94.1 Å². The maximum Gasteiger partial charge on any atom is 0.309 e. The van der Waals surface area contributed by atoms with Crippen molar-refractivity contribution in [1.82, 2.24) is 0 Å². The lowest BCUT2D eigenvalue weighted by Crippen LogP contribution is -2.37. The van der Waals surface area contributed by atoms with Crippen LogP contribution < -0.4 is 4.89 Å². The Morgan fingerprint density at radius 1 is 0.569 bits per heavy atom. The number of phosphoric ester groups is 1. The molecule has 0 aromatic heterocycles. The van der Waals surface area contributed by atoms with Gasteiger partial charge in [-0.2, -0.15) is 0 Å². The summed E-state index contributed by atoms with van der Waals surface area (Å²) in [5.74, 6) is -0.583. The van der Waals surface area contributed by atoms with Crippen LogP contribution in [0.15, 0.2) is 0 Å². The molecule has 0 fully saturated rings. The van der Waals surface area contributed by atoms with E-state index in [2.05, 4.69) is 13.8 Å². The Hall–Kier alpha value is -0.500. The minimum absolute atomic E-state index is 0.0283. The molecule has 0 spiro atoms. The van der Waals surface area contributed by atoms with Crippen molar-refractivity contribution < 1.29 is 37.3 Å². The summed E-state index contributed by atoms with van der Waals surface area (Å²) in [7, 11) is 1.36. The van der Waals surface area contributed by atoms with E-state index in [1.165, 1.54) is 148 Å². The largest absolute Gasteiger partial charge is 0.756 e. The lowest BCUT2D eigenvalue weighted by atomic mass is 10.0. The standard InChI is InChI=1S/C42H86NO7P/c1-7-9-11-13-15-17-19-21-23-25-27-29-31-33-36-47-38-41(39-49-51(45,46)48-37-35-43(4,5)6)50-42(44)40(3)34-32-30-28-26-24-22-20-18-16-14-12-10-8-2/h40-41H,7-39H2,1-6H3/t40-,41-/m1/s1. The molecule has 8 nitrogen and oxygen atoms in total. The van der Waals surface area contributed by atoms with Crippen LogP contribution in [-0.2, 0) is 27.9 Å². The van der Waals surface area contributed by atoms with Crippen LogP contribution in [0.2, 0.25) is 0 Å². The Balaban J connectivity index is 4.34. The molecule has 0 saturated heterocycles. The summed E-state index contributed by atoms with van der Waals surface area (Å²) in [6.07, 6.45) is 34.8. The van der Waals surface area contributed by atoms with Crippen LogP contribution in [0, 0.1) is 5.92 Å². The van der Waals surface area contributed by atoms with Crippen molar-refractivity contribution in [2.75, 3.05) is 54.1 Å². The summed E-state index contributed by atoms with van der Waals surface area (Å²) < 4.78 is 34.8. The Morgan fingerprint density at radius 3 is 1.37 bits per heavy atom. The summed E-state index contributed by atoms with van der Waals surface area (Å²) in [6.45, 7) is 7.33. The van der Waals surface area contributed by atoms with Crippen molar-refractivity contribution >= 4 is 13.8 Å². The van der Waals surface area contributed by atoms with Crippen LogP contribution in [0.25, 0.3) is 0 Å². The molecule has 306 valence electrons. The second-order valence-electron chi connectivity index (χ2n) is 16.3. The molecule has 0 aliphatic rings. The van der Waals surface area contributed by atoms with Crippen LogP contribution in [0.3, 0.4) is 0 Å². The number of hydrogen-bond acceptors (Lipinski definition) is 7. The van der Waals surface area contributed by atoms with Gasteiger partial charge in [-0.05, 0) is 12.8 Å². The molecule has 0 rings (SSSR count). The van der Waals surface area contributed by atoms with Crippen LogP contribution in [0.5, 0.6) is 0 Å². The third-order valence-electron chi connectivity index (χ3n) is 9.80. The Kier molecular flexibility index (Phi) is 34.9. The number of unbranched alkanes of at least 4 members (excludes halogenated alkanes) is 25. The number of carbonyl (C=O) groups is 1. The first-order valence-corrected chi connectivity index (χ1v) is 23.2. The Bertz CT molecular complexity index is 807. The molecule has 0 aromatic carbocycles. The van der Waals surface area contributed by atoms with E-state index >= 15 is 0 Å². The van der Waals surface area contributed by atoms with Gasteiger partial charge < -0.3 is 27.9 Å². The lowest BCUT2D eigenvalue weighted by molar-refractivity contribution is -0.870. The predicted molar refractivity (Wildman–Crippen MR) is 213 cm³/mol. The lowest BCUT2D eigenvalue weighted by Gasteiger charge is -2.28. The molecular weight excluding hydrogens is 661 g/mol. The number of phosphoric acid groups is 1. The van der Waals surface area contributed by atoms with E-state index in [1.807, 2.05) is 28.1 Å². The fourth-order valence-electron chi connectivity index (χ4n) is 6.23. The minimum atomic E-state index is -4.53. The van der Waals surface area contributed by atoms with E-state index in [0.717, 1.165) is 32.1 Å². The maximum atomic E-state index is 13.0. The van der Waals surface area contributed by atoms with E-state index in [1.54, 1.807) is 0 Å². The van der Waals surface area contributed by atoms with E-state index in [0.29, 0.717) is 17.6 Å². The van der Waals surface area contributed by atoms with Gasteiger partial charge in [0.1, 0.15) is 19.3 Å². The Morgan fingerprint density at radius 2 is 0.961 bits per heavy atom. The molecule has 0 heterocycles. The second-order valence-corrected chi connectivity index (χ2v) is 17.7. The highest BCUT2D eigenvalue weighted by molar-refractivity contribution is 7.45. The molecule has 0 radical (unpaired) electrons. The van der Waals surface area contributed by atoms with Gasteiger partial charge in [0, 0.05) is 6.61 Å². The summed E-state index contributed by atoms with van der Waals surface area (Å²) in [5.41, 5.74) is 0. The fourth-order valence-corrected chi connectivity index (χ4v) is 6.96. The number of quaternary nitrogens is 1. The smallest absolute Gasteiger partial charge is 0.309 e. The highest BCUT2D eigenvalue weighted by atomic mass is 31.2. The summed E-state index contributed by atoms with van der Waals surface area (Å²) in [6, 6.07) is 0. The van der Waals surface area contributed by atoms with E-state index < -0.39 is 13.9 Å². The molecule has 0 saturated carbocycles. The van der Waals surface area contributed by atoms with Gasteiger partial charge in [-0.1, -0.05) is 188 Å². The second kappa shape index (κ2) is 35.2. The monoisotopic (exact) mass is 748 g/mol. The molecule has 0 bridgehead atoms. The molecule has 0 aromatic rings. The predicted octanol–water partition coefficient (Wildman–Crippen LogP) is 11.7. The molecule has 1 unspecified atom stereocenters.